The zero-order valence-electron chi connectivity index (χ0n) is 14.8. The van der Waals surface area contributed by atoms with Gasteiger partial charge in [0, 0.05) is 44.4 Å². The van der Waals surface area contributed by atoms with Crippen molar-refractivity contribution in [3.63, 3.8) is 0 Å². The van der Waals surface area contributed by atoms with Gasteiger partial charge in [-0.15, -0.1) is 0 Å². The molecule has 1 saturated heterocycles. The lowest BCUT2D eigenvalue weighted by Crippen LogP contribution is -2.48. The Balaban J connectivity index is 1.30. The van der Waals surface area contributed by atoms with Gasteiger partial charge in [0.2, 0.25) is 5.91 Å². The van der Waals surface area contributed by atoms with Crippen LogP contribution < -0.4 is 4.90 Å². The summed E-state index contributed by atoms with van der Waals surface area (Å²) in [5, 5.41) is 0.630. The molecule has 1 amide bonds. The third kappa shape index (κ3) is 3.78. The van der Waals surface area contributed by atoms with Gasteiger partial charge in [0.05, 0.1) is 5.02 Å². The van der Waals surface area contributed by atoms with Crippen LogP contribution in [0.5, 0.6) is 0 Å². The monoisotopic (exact) mass is 371 g/mol. The molecule has 2 aromatic heterocycles. The molecule has 136 valence electrons. The number of amides is 1. The molecular formula is C20H22ClN3O2. The van der Waals surface area contributed by atoms with Gasteiger partial charge in [-0.25, -0.2) is 4.98 Å². The Bertz CT molecular complexity index is 807. The highest BCUT2D eigenvalue weighted by atomic mass is 35.5. The quantitative estimate of drug-likeness (QED) is 0.767. The molecule has 0 spiro atoms. The van der Waals surface area contributed by atoms with Gasteiger partial charge in [-0.05, 0) is 42.7 Å². The number of rotatable bonds is 4. The molecule has 2 aromatic rings. The fraction of sp³-hybridized carbons (Fsp3) is 0.400. The van der Waals surface area contributed by atoms with E-state index in [4.69, 9.17) is 16.0 Å². The van der Waals surface area contributed by atoms with Crippen molar-refractivity contribution in [1.29, 1.82) is 0 Å². The smallest absolute Gasteiger partial charge is 0.246 e. The minimum Gasteiger partial charge on any atom is -0.461 e. The largest absolute Gasteiger partial charge is 0.461 e. The van der Waals surface area contributed by atoms with Gasteiger partial charge < -0.3 is 14.2 Å². The number of halogens is 1. The third-order valence-corrected chi connectivity index (χ3v) is 5.36. The first-order valence-corrected chi connectivity index (χ1v) is 9.41. The maximum absolute atomic E-state index is 12.4. The van der Waals surface area contributed by atoms with Crippen LogP contribution in [0.25, 0.3) is 6.08 Å². The van der Waals surface area contributed by atoms with Crippen molar-refractivity contribution in [2.45, 2.75) is 19.3 Å². The average molecular weight is 372 g/mol. The molecule has 1 aliphatic heterocycles. The number of nitrogens with zero attached hydrogens (tertiary/aromatic N) is 3. The highest BCUT2D eigenvalue weighted by molar-refractivity contribution is 6.30. The summed E-state index contributed by atoms with van der Waals surface area (Å²) in [5.41, 5.74) is 0. The molecule has 3 heterocycles. The predicted octanol–water partition coefficient (Wildman–Crippen LogP) is 3.81. The summed E-state index contributed by atoms with van der Waals surface area (Å²) in [4.78, 5) is 20.8. The lowest BCUT2D eigenvalue weighted by atomic mass is 10.2. The van der Waals surface area contributed by atoms with Gasteiger partial charge in [0.25, 0.3) is 0 Å². The second-order valence-electron chi connectivity index (χ2n) is 7.04. The van der Waals surface area contributed by atoms with E-state index in [1.807, 2.05) is 29.2 Å². The molecule has 4 rings (SSSR count). The summed E-state index contributed by atoms with van der Waals surface area (Å²) >= 11 is 5.88. The molecule has 6 heteroatoms. The molecule has 2 atom stereocenters. The van der Waals surface area contributed by atoms with E-state index in [2.05, 4.69) is 16.8 Å². The average Bonchev–Trinajstić information content (AvgIpc) is 3.20. The number of piperazine rings is 1. The summed E-state index contributed by atoms with van der Waals surface area (Å²) in [7, 11) is 0. The van der Waals surface area contributed by atoms with Gasteiger partial charge in [-0.3, -0.25) is 4.79 Å². The van der Waals surface area contributed by atoms with Crippen molar-refractivity contribution >= 4 is 29.4 Å². The van der Waals surface area contributed by atoms with Crippen molar-refractivity contribution in [2.75, 3.05) is 31.1 Å². The molecule has 0 aromatic carbocycles. The van der Waals surface area contributed by atoms with E-state index in [9.17, 15) is 4.79 Å². The number of carbonyl (C=O) groups excluding carboxylic acids is 1. The Hall–Kier alpha value is -2.27. The molecule has 26 heavy (non-hydrogen) atoms. The van der Waals surface area contributed by atoms with Crippen LogP contribution in [-0.4, -0.2) is 42.0 Å². The van der Waals surface area contributed by atoms with Crippen LogP contribution in [0.2, 0.25) is 5.02 Å². The van der Waals surface area contributed by atoms with Crippen molar-refractivity contribution < 1.29 is 9.21 Å². The van der Waals surface area contributed by atoms with Crippen LogP contribution in [0.4, 0.5) is 5.82 Å². The van der Waals surface area contributed by atoms with Crippen molar-refractivity contribution in [2.24, 2.45) is 5.92 Å². The molecule has 2 aliphatic rings. The van der Waals surface area contributed by atoms with Crippen molar-refractivity contribution in [3.8, 4) is 0 Å². The SMILES string of the molecule is CC1CC1c1ccc(/C=C/C(=O)N2CCN(c3ccc(Cl)cn3)CC2)o1. The fourth-order valence-electron chi connectivity index (χ4n) is 3.35. The molecule has 0 radical (unpaired) electrons. The molecule has 0 N–H and O–H groups in total. The maximum Gasteiger partial charge on any atom is 0.246 e. The summed E-state index contributed by atoms with van der Waals surface area (Å²) in [6.45, 7) is 5.11. The zero-order chi connectivity index (χ0) is 18.1. The van der Waals surface area contributed by atoms with Gasteiger partial charge in [-0.1, -0.05) is 18.5 Å². The minimum atomic E-state index is 0.0199. The summed E-state index contributed by atoms with van der Waals surface area (Å²) in [5.74, 6) is 3.97. The predicted molar refractivity (Wildman–Crippen MR) is 102 cm³/mol. The molecule has 2 unspecified atom stereocenters. The second-order valence-corrected chi connectivity index (χ2v) is 7.48. The summed E-state index contributed by atoms with van der Waals surface area (Å²) in [6, 6.07) is 7.71. The minimum absolute atomic E-state index is 0.0199. The Morgan fingerprint density at radius 1 is 1.23 bits per heavy atom. The van der Waals surface area contributed by atoms with Crippen LogP contribution in [0.3, 0.4) is 0 Å². The third-order valence-electron chi connectivity index (χ3n) is 5.14. The van der Waals surface area contributed by atoms with E-state index in [1.54, 1.807) is 18.3 Å². The van der Waals surface area contributed by atoms with E-state index >= 15 is 0 Å². The fourth-order valence-corrected chi connectivity index (χ4v) is 3.46. The first-order valence-electron chi connectivity index (χ1n) is 9.03. The Morgan fingerprint density at radius 2 is 2.00 bits per heavy atom. The molecule has 5 nitrogen and oxygen atoms in total. The standard InChI is InChI=1S/C20H22ClN3O2/c1-14-12-17(14)18-5-3-16(26-18)4-7-20(25)24-10-8-23(9-11-24)19-6-2-15(21)13-22-19/h2-7,13-14,17H,8-12H2,1H3/b7-4+. The highest BCUT2D eigenvalue weighted by Crippen LogP contribution is 2.47. The molecule has 2 fully saturated rings. The van der Waals surface area contributed by atoms with Crippen molar-refractivity contribution in [3.05, 3.63) is 53.1 Å². The first kappa shape index (κ1) is 17.2. The van der Waals surface area contributed by atoms with Gasteiger partial charge >= 0.3 is 0 Å². The van der Waals surface area contributed by atoms with Crippen LogP contribution in [0, 0.1) is 5.92 Å². The second kappa shape index (κ2) is 7.16. The number of aromatic nitrogens is 1. The van der Waals surface area contributed by atoms with E-state index in [0.717, 1.165) is 30.4 Å². The number of hydrogen-bond acceptors (Lipinski definition) is 4. The van der Waals surface area contributed by atoms with E-state index in [-0.39, 0.29) is 5.91 Å². The summed E-state index contributed by atoms with van der Waals surface area (Å²) < 4.78 is 5.82. The Morgan fingerprint density at radius 3 is 2.65 bits per heavy atom. The van der Waals surface area contributed by atoms with E-state index < -0.39 is 0 Å². The molecule has 1 aliphatic carbocycles. The topological polar surface area (TPSA) is 49.6 Å². The van der Waals surface area contributed by atoms with E-state index in [1.165, 1.54) is 6.42 Å². The van der Waals surface area contributed by atoms with Crippen LogP contribution in [-0.2, 0) is 4.79 Å². The lowest BCUT2D eigenvalue weighted by Gasteiger charge is -2.34. The van der Waals surface area contributed by atoms with Gasteiger partial charge in [-0.2, -0.15) is 0 Å². The Labute approximate surface area is 158 Å². The van der Waals surface area contributed by atoms with E-state index in [0.29, 0.717) is 29.9 Å². The number of hydrogen-bond donors (Lipinski definition) is 0. The van der Waals surface area contributed by atoms with Crippen LogP contribution in [0.15, 0.2) is 41.0 Å². The number of anilines is 1. The number of pyridine rings is 1. The van der Waals surface area contributed by atoms with Crippen LogP contribution in [0.1, 0.15) is 30.8 Å². The number of furan rings is 1. The van der Waals surface area contributed by atoms with Crippen LogP contribution >= 0.6 is 11.6 Å². The maximum atomic E-state index is 12.4. The van der Waals surface area contributed by atoms with Crippen molar-refractivity contribution in [1.82, 2.24) is 9.88 Å². The molecule has 0 bridgehead atoms. The van der Waals surface area contributed by atoms with Gasteiger partial charge in [0.15, 0.2) is 0 Å². The van der Waals surface area contributed by atoms with Gasteiger partial charge in [0.1, 0.15) is 17.3 Å². The Kier molecular flexibility index (Phi) is 4.72. The first-order chi connectivity index (χ1) is 12.6. The highest BCUT2D eigenvalue weighted by Gasteiger charge is 2.36. The normalized spacial score (nSPS) is 22.8. The number of carbonyl (C=O) groups is 1. The molecular weight excluding hydrogens is 350 g/mol. The lowest BCUT2D eigenvalue weighted by molar-refractivity contribution is -0.126. The summed E-state index contributed by atoms with van der Waals surface area (Å²) in [6.07, 6.45) is 6.22. The molecule has 1 saturated carbocycles. The zero-order valence-corrected chi connectivity index (χ0v) is 15.5.